The molecule has 1 atom stereocenters. The fraction of sp³-hybridized carbons (Fsp3) is 0.667. The van der Waals surface area contributed by atoms with E-state index in [1.807, 2.05) is 7.05 Å². The second-order valence-electron chi connectivity index (χ2n) is 7.42. The first-order valence-electron chi connectivity index (χ1n) is 10.2. The lowest BCUT2D eigenvalue weighted by Crippen LogP contribution is -2.43. The van der Waals surface area contributed by atoms with Gasteiger partial charge < -0.3 is 15.4 Å². The highest BCUT2D eigenvalue weighted by Crippen LogP contribution is 2.28. The van der Waals surface area contributed by atoms with Crippen molar-refractivity contribution in [1.82, 2.24) is 15.5 Å². The highest BCUT2D eigenvalue weighted by atomic mass is 127. The number of aliphatic imine (C=N–C) groups is 1. The third-order valence-electron chi connectivity index (χ3n) is 5.26. The van der Waals surface area contributed by atoms with Crippen molar-refractivity contribution in [2.45, 2.75) is 38.1 Å². The topological polar surface area (TPSA) is 48.9 Å². The maximum Gasteiger partial charge on any atom is 0.191 e. The first-order valence-corrected chi connectivity index (χ1v) is 10.2. The normalized spacial score (nSPS) is 18.8. The van der Waals surface area contributed by atoms with Gasteiger partial charge in [-0.25, -0.2) is 0 Å². The fourth-order valence-corrected chi connectivity index (χ4v) is 3.52. The van der Waals surface area contributed by atoms with Crippen molar-refractivity contribution < 1.29 is 4.74 Å². The van der Waals surface area contributed by atoms with Gasteiger partial charge in [-0.1, -0.05) is 30.3 Å². The summed E-state index contributed by atoms with van der Waals surface area (Å²) in [6.07, 6.45) is 6.33. The molecule has 3 rings (SSSR count). The standard InChI is InChI=1S/C21H34N4O.HI/c1-22-21(23-12-7-15-26-17-18-10-11-18)24-16-20(25-13-5-6-14-25)19-8-3-2-4-9-19;/h2-4,8-9,18,20H,5-7,10-17H2,1H3,(H2,22,23,24);1H. The van der Waals surface area contributed by atoms with Crippen LogP contribution in [0.1, 0.15) is 43.7 Å². The zero-order chi connectivity index (χ0) is 18.0. The molecule has 0 aromatic heterocycles. The van der Waals surface area contributed by atoms with Gasteiger partial charge in [0.15, 0.2) is 5.96 Å². The molecule has 1 aliphatic heterocycles. The summed E-state index contributed by atoms with van der Waals surface area (Å²) in [6.45, 7) is 5.92. The molecular weight excluding hydrogens is 451 g/mol. The Kier molecular flexibility index (Phi) is 10.4. The van der Waals surface area contributed by atoms with E-state index in [4.69, 9.17) is 4.74 Å². The minimum atomic E-state index is 0. The van der Waals surface area contributed by atoms with E-state index in [-0.39, 0.29) is 24.0 Å². The minimum Gasteiger partial charge on any atom is -0.381 e. The van der Waals surface area contributed by atoms with Crippen LogP contribution in [0.15, 0.2) is 35.3 Å². The summed E-state index contributed by atoms with van der Waals surface area (Å²) in [5, 5.41) is 6.93. The van der Waals surface area contributed by atoms with Crippen LogP contribution in [-0.2, 0) is 4.74 Å². The molecule has 1 aliphatic carbocycles. The number of halogens is 1. The number of hydrogen-bond donors (Lipinski definition) is 2. The van der Waals surface area contributed by atoms with E-state index in [1.54, 1.807) is 0 Å². The lowest BCUT2D eigenvalue weighted by molar-refractivity contribution is 0.123. The van der Waals surface area contributed by atoms with Crippen LogP contribution in [-0.4, -0.2) is 57.3 Å². The lowest BCUT2D eigenvalue weighted by atomic mass is 10.1. The van der Waals surface area contributed by atoms with Crippen LogP contribution in [0.3, 0.4) is 0 Å². The van der Waals surface area contributed by atoms with E-state index in [1.165, 1.54) is 44.3 Å². The molecule has 2 fully saturated rings. The van der Waals surface area contributed by atoms with Gasteiger partial charge >= 0.3 is 0 Å². The molecule has 5 nitrogen and oxygen atoms in total. The van der Waals surface area contributed by atoms with Crippen molar-refractivity contribution in [3.05, 3.63) is 35.9 Å². The van der Waals surface area contributed by atoms with Gasteiger partial charge in [0.2, 0.25) is 0 Å². The van der Waals surface area contributed by atoms with Crippen molar-refractivity contribution >= 4 is 29.9 Å². The molecule has 152 valence electrons. The Hall–Kier alpha value is -0.860. The molecule has 27 heavy (non-hydrogen) atoms. The van der Waals surface area contributed by atoms with Gasteiger partial charge in [-0.2, -0.15) is 0 Å². The Labute approximate surface area is 181 Å². The summed E-state index contributed by atoms with van der Waals surface area (Å²) < 4.78 is 5.69. The van der Waals surface area contributed by atoms with Gasteiger partial charge in [-0.05, 0) is 56.7 Å². The van der Waals surface area contributed by atoms with Crippen molar-refractivity contribution in [3.8, 4) is 0 Å². The first-order chi connectivity index (χ1) is 12.9. The molecule has 0 amide bonds. The molecule has 1 heterocycles. The molecule has 0 spiro atoms. The van der Waals surface area contributed by atoms with E-state index in [9.17, 15) is 0 Å². The Morgan fingerprint density at radius 3 is 2.59 bits per heavy atom. The predicted molar refractivity (Wildman–Crippen MR) is 123 cm³/mol. The summed E-state index contributed by atoms with van der Waals surface area (Å²) >= 11 is 0. The smallest absolute Gasteiger partial charge is 0.191 e. The number of guanidine groups is 1. The van der Waals surface area contributed by atoms with Crippen LogP contribution in [0.25, 0.3) is 0 Å². The highest BCUT2D eigenvalue weighted by Gasteiger charge is 2.23. The van der Waals surface area contributed by atoms with E-state index < -0.39 is 0 Å². The molecule has 1 aromatic rings. The van der Waals surface area contributed by atoms with Crippen LogP contribution in [0.2, 0.25) is 0 Å². The van der Waals surface area contributed by atoms with Crippen molar-refractivity contribution in [2.75, 3.05) is 46.4 Å². The minimum absolute atomic E-state index is 0. The SMILES string of the molecule is CN=C(NCCCOCC1CC1)NCC(c1ccccc1)N1CCCC1.I. The van der Waals surface area contributed by atoms with E-state index in [0.717, 1.165) is 44.6 Å². The first kappa shape index (κ1) is 22.4. The van der Waals surface area contributed by atoms with Gasteiger partial charge in [0.05, 0.1) is 6.04 Å². The summed E-state index contributed by atoms with van der Waals surface area (Å²) in [4.78, 5) is 6.96. The number of ether oxygens (including phenoxy) is 1. The van der Waals surface area contributed by atoms with Gasteiger partial charge in [0.25, 0.3) is 0 Å². The largest absolute Gasteiger partial charge is 0.381 e. The van der Waals surface area contributed by atoms with Crippen LogP contribution >= 0.6 is 24.0 Å². The van der Waals surface area contributed by atoms with Crippen molar-refractivity contribution in [1.29, 1.82) is 0 Å². The average Bonchev–Trinajstić information content (AvgIpc) is 3.35. The van der Waals surface area contributed by atoms with Crippen LogP contribution in [0.5, 0.6) is 0 Å². The van der Waals surface area contributed by atoms with Gasteiger partial charge in [0, 0.05) is 33.4 Å². The second-order valence-corrected chi connectivity index (χ2v) is 7.42. The zero-order valence-corrected chi connectivity index (χ0v) is 18.9. The number of likely N-dealkylation sites (tertiary alicyclic amines) is 1. The number of rotatable bonds is 10. The third-order valence-corrected chi connectivity index (χ3v) is 5.26. The number of benzene rings is 1. The number of nitrogens with zero attached hydrogens (tertiary/aromatic N) is 2. The van der Waals surface area contributed by atoms with Gasteiger partial charge in [-0.15, -0.1) is 24.0 Å². The second kappa shape index (κ2) is 12.6. The monoisotopic (exact) mass is 486 g/mol. The Morgan fingerprint density at radius 1 is 1.19 bits per heavy atom. The van der Waals surface area contributed by atoms with E-state index in [2.05, 4.69) is 50.9 Å². The number of hydrogen-bond acceptors (Lipinski definition) is 3. The highest BCUT2D eigenvalue weighted by molar-refractivity contribution is 14.0. The number of nitrogens with one attached hydrogen (secondary N) is 2. The summed E-state index contributed by atoms with van der Waals surface area (Å²) in [5.41, 5.74) is 1.38. The third kappa shape index (κ3) is 7.95. The van der Waals surface area contributed by atoms with Crippen molar-refractivity contribution in [2.24, 2.45) is 10.9 Å². The van der Waals surface area contributed by atoms with E-state index >= 15 is 0 Å². The van der Waals surface area contributed by atoms with Crippen LogP contribution < -0.4 is 10.6 Å². The summed E-state index contributed by atoms with van der Waals surface area (Å²) in [6, 6.07) is 11.2. The quantitative estimate of drug-likeness (QED) is 0.230. The molecule has 1 saturated carbocycles. The molecule has 2 N–H and O–H groups in total. The molecule has 0 radical (unpaired) electrons. The molecule has 0 bridgehead atoms. The molecule has 1 aromatic carbocycles. The van der Waals surface area contributed by atoms with Crippen LogP contribution in [0.4, 0.5) is 0 Å². The Bertz CT molecular complexity index is 544. The summed E-state index contributed by atoms with van der Waals surface area (Å²) in [7, 11) is 1.84. The lowest BCUT2D eigenvalue weighted by Gasteiger charge is -2.29. The fourth-order valence-electron chi connectivity index (χ4n) is 3.52. The van der Waals surface area contributed by atoms with Gasteiger partial charge in [0.1, 0.15) is 0 Å². The Morgan fingerprint density at radius 2 is 1.93 bits per heavy atom. The van der Waals surface area contributed by atoms with E-state index in [0.29, 0.717) is 6.04 Å². The maximum atomic E-state index is 5.69. The van der Waals surface area contributed by atoms with Crippen LogP contribution in [0, 0.1) is 5.92 Å². The average molecular weight is 486 g/mol. The van der Waals surface area contributed by atoms with Gasteiger partial charge in [-0.3, -0.25) is 9.89 Å². The zero-order valence-electron chi connectivity index (χ0n) is 16.5. The summed E-state index contributed by atoms with van der Waals surface area (Å²) in [5.74, 6) is 1.73. The molecule has 1 unspecified atom stereocenters. The Balaban J connectivity index is 0.00000261. The molecule has 1 saturated heterocycles. The molecule has 6 heteroatoms. The van der Waals surface area contributed by atoms with Crippen molar-refractivity contribution in [3.63, 3.8) is 0 Å². The maximum absolute atomic E-state index is 5.69. The molecular formula is C21H35IN4O. The predicted octanol–water partition coefficient (Wildman–Crippen LogP) is 3.42. The molecule has 2 aliphatic rings.